The fourth-order valence-corrected chi connectivity index (χ4v) is 4.51. The van der Waals surface area contributed by atoms with Crippen molar-refractivity contribution in [2.24, 2.45) is 0 Å². The second-order valence-corrected chi connectivity index (χ2v) is 9.16. The maximum atomic E-state index is 10.8. The Morgan fingerprint density at radius 3 is 2.59 bits per heavy atom. The van der Waals surface area contributed by atoms with Crippen molar-refractivity contribution in [2.45, 2.75) is 56.4 Å². The average molecular weight is 393 g/mol. The van der Waals surface area contributed by atoms with Crippen LogP contribution in [0.2, 0.25) is 0 Å². The Kier molecular flexibility index (Phi) is 6.29. The normalized spacial score (nSPS) is 17.0. The summed E-state index contributed by atoms with van der Waals surface area (Å²) in [5.74, 6) is 1.30. The molecule has 8 heteroatoms. The second kappa shape index (κ2) is 8.50. The molecule has 3 N–H and O–H groups in total. The van der Waals surface area contributed by atoms with Gasteiger partial charge in [-0.1, -0.05) is 0 Å². The van der Waals surface area contributed by atoms with Crippen LogP contribution in [0.1, 0.15) is 33.6 Å². The number of aliphatic hydroxyl groups excluding tert-OH is 1. The molecule has 27 heavy (non-hydrogen) atoms. The van der Waals surface area contributed by atoms with Gasteiger partial charge < -0.3 is 20.3 Å². The summed E-state index contributed by atoms with van der Waals surface area (Å²) in [6, 6.07) is 6.85. The minimum Gasteiger partial charge on any atom is -0.508 e. The van der Waals surface area contributed by atoms with Crippen molar-refractivity contribution in [3.8, 4) is 17.1 Å². The zero-order valence-corrected chi connectivity index (χ0v) is 16.9. The number of thioether (sulfide) groups is 1. The van der Waals surface area contributed by atoms with Crippen LogP contribution in [0.15, 0.2) is 24.3 Å². The summed E-state index contributed by atoms with van der Waals surface area (Å²) in [7, 11) is 0. The van der Waals surface area contributed by atoms with E-state index in [1.807, 2.05) is 20.8 Å². The van der Waals surface area contributed by atoms with Gasteiger partial charge in [0.25, 0.3) is 0 Å². The summed E-state index contributed by atoms with van der Waals surface area (Å²) in [4.78, 5) is 4.55. The molecule has 0 saturated carbocycles. The summed E-state index contributed by atoms with van der Waals surface area (Å²) in [5, 5.41) is 28.2. The van der Waals surface area contributed by atoms with E-state index in [0.717, 1.165) is 31.6 Å². The van der Waals surface area contributed by atoms with Crippen molar-refractivity contribution in [3.63, 3.8) is 0 Å². The fraction of sp³-hybridized carbons (Fsp3) is 0.579. The number of benzene rings is 1. The van der Waals surface area contributed by atoms with Gasteiger partial charge in [0.2, 0.25) is 5.95 Å². The summed E-state index contributed by atoms with van der Waals surface area (Å²) in [6.45, 7) is 8.28. The Labute approximate surface area is 164 Å². The lowest BCUT2D eigenvalue weighted by atomic mass is 10.2. The van der Waals surface area contributed by atoms with E-state index in [0.29, 0.717) is 23.6 Å². The molecule has 0 aliphatic carbocycles. The smallest absolute Gasteiger partial charge is 0.244 e. The van der Waals surface area contributed by atoms with Gasteiger partial charge in [-0.05, 0) is 57.9 Å². The van der Waals surface area contributed by atoms with Crippen LogP contribution in [0.25, 0.3) is 11.4 Å². The van der Waals surface area contributed by atoms with E-state index in [9.17, 15) is 10.2 Å². The van der Waals surface area contributed by atoms with Crippen molar-refractivity contribution < 1.29 is 14.9 Å². The molecule has 1 fully saturated rings. The highest BCUT2D eigenvalue weighted by Crippen LogP contribution is 2.36. The van der Waals surface area contributed by atoms with Gasteiger partial charge in [-0.25, -0.2) is 4.68 Å². The number of phenols is 1. The second-order valence-electron chi connectivity index (χ2n) is 7.20. The molecule has 1 unspecified atom stereocenters. The minimum atomic E-state index is -0.786. The molecule has 2 aromatic rings. The number of phenolic OH excluding ortho intramolecular Hbond substituents is 1. The van der Waals surface area contributed by atoms with E-state index in [4.69, 9.17) is 4.74 Å². The largest absolute Gasteiger partial charge is 0.508 e. The van der Waals surface area contributed by atoms with Crippen LogP contribution in [-0.4, -0.2) is 54.4 Å². The number of aromatic nitrogens is 3. The predicted molar refractivity (Wildman–Crippen MR) is 108 cm³/mol. The first-order valence-corrected chi connectivity index (χ1v) is 10.2. The van der Waals surface area contributed by atoms with E-state index in [2.05, 4.69) is 15.4 Å². The van der Waals surface area contributed by atoms with Crippen molar-refractivity contribution in [3.05, 3.63) is 24.3 Å². The number of aromatic hydroxyl groups is 1. The van der Waals surface area contributed by atoms with Crippen LogP contribution < -0.4 is 5.32 Å². The topological polar surface area (TPSA) is 92.4 Å². The number of hydrogen-bond donors (Lipinski definition) is 3. The Hall–Kier alpha value is -1.77. The van der Waals surface area contributed by atoms with Gasteiger partial charge in [0.05, 0.1) is 4.75 Å². The third-order valence-electron chi connectivity index (χ3n) is 4.66. The van der Waals surface area contributed by atoms with E-state index in [1.165, 1.54) is 0 Å². The SMILES string of the molecule is CCn1nc(NC(O)C(C)(C)SC2CCOCC2)nc1-c1ccc(O)cc1. The van der Waals surface area contributed by atoms with Crippen LogP contribution in [0, 0.1) is 0 Å². The Bertz CT molecular complexity index is 742. The molecule has 3 rings (SSSR count). The number of rotatable bonds is 7. The van der Waals surface area contributed by atoms with E-state index < -0.39 is 11.0 Å². The Balaban J connectivity index is 1.71. The lowest BCUT2D eigenvalue weighted by Gasteiger charge is -2.35. The first-order chi connectivity index (χ1) is 12.9. The van der Waals surface area contributed by atoms with Crippen molar-refractivity contribution in [1.82, 2.24) is 14.8 Å². The molecule has 0 bridgehead atoms. The van der Waals surface area contributed by atoms with E-state index >= 15 is 0 Å². The lowest BCUT2D eigenvalue weighted by Crippen LogP contribution is -2.41. The van der Waals surface area contributed by atoms with E-state index in [1.54, 1.807) is 40.7 Å². The van der Waals surface area contributed by atoms with Crippen LogP contribution in [0.4, 0.5) is 5.95 Å². The van der Waals surface area contributed by atoms with Gasteiger partial charge in [-0.3, -0.25) is 0 Å². The van der Waals surface area contributed by atoms with Crippen LogP contribution >= 0.6 is 11.8 Å². The summed E-state index contributed by atoms with van der Waals surface area (Å²) < 4.78 is 6.81. The zero-order valence-electron chi connectivity index (χ0n) is 16.1. The number of anilines is 1. The average Bonchev–Trinajstić information content (AvgIpc) is 3.05. The summed E-state index contributed by atoms with van der Waals surface area (Å²) >= 11 is 1.78. The van der Waals surface area contributed by atoms with Crippen molar-refractivity contribution in [2.75, 3.05) is 18.5 Å². The molecule has 1 saturated heterocycles. The monoisotopic (exact) mass is 392 g/mol. The molecule has 1 aliphatic heterocycles. The van der Waals surface area contributed by atoms with Crippen LogP contribution in [-0.2, 0) is 11.3 Å². The number of aryl methyl sites for hydroxylation is 1. The maximum absolute atomic E-state index is 10.8. The van der Waals surface area contributed by atoms with Crippen LogP contribution in [0.3, 0.4) is 0 Å². The molecule has 1 aromatic heterocycles. The Morgan fingerprint density at radius 1 is 1.30 bits per heavy atom. The number of ether oxygens (including phenoxy) is 1. The van der Waals surface area contributed by atoms with Crippen molar-refractivity contribution >= 4 is 17.7 Å². The maximum Gasteiger partial charge on any atom is 0.244 e. The molecule has 2 heterocycles. The molecule has 0 radical (unpaired) electrons. The number of hydrogen-bond acceptors (Lipinski definition) is 7. The van der Waals surface area contributed by atoms with Gasteiger partial charge >= 0.3 is 0 Å². The number of aliphatic hydroxyl groups is 1. The summed E-state index contributed by atoms with van der Waals surface area (Å²) in [5.41, 5.74) is 0.862. The molecular formula is C19H28N4O3S. The number of nitrogens with zero attached hydrogens (tertiary/aromatic N) is 3. The Morgan fingerprint density at radius 2 is 1.96 bits per heavy atom. The zero-order chi connectivity index (χ0) is 19.4. The molecule has 0 amide bonds. The van der Waals surface area contributed by atoms with Gasteiger partial charge in [0, 0.05) is 30.6 Å². The molecular weight excluding hydrogens is 364 g/mol. The molecule has 1 atom stereocenters. The number of nitrogens with one attached hydrogen (secondary N) is 1. The standard InChI is InChI=1S/C19H28N4O3S/c1-4-23-16(13-5-7-14(24)8-6-13)20-18(22-23)21-17(25)19(2,3)27-15-9-11-26-12-10-15/h5-8,15,17,24-25H,4,9-12H2,1-3H3,(H,21,22). The fourth-order valence-electron chi connectivity index (χ4n) is 3.03. The molecule has 1 aromatic carbocycles. The first kappa shape index (κ1) is 20.0. The van der Waals surface area contributed by atoms with Gasteiger partial charge in [-0.15, -0.1) is 16.9 Å². The highest BCUT2D eigenvalue weighted by Gasteiger charge is 2.33. The van der Waals surface area contributed by atoms with Crippen molar-refractivity contribution in [1.29, 1.82) is 0 Å². The van der Waals surface area contributed by atoms with E-state index in [-0.39, 0.29) is 5.75 Å². The van der Waals surface area contributed by atoms with Gasteiger partial charge in [0.15, 0.2) is 5.82 Å². The van der Waals surface area contributed by atoms with Gasteiger partial charge in [-0.2, -0.15) is 4.98 Å². The lowest BCUT2D eigenvalue weighted by molar-refractivity contribution is 0.0991. The first-order valence-electron chi connectivity index (χ1n) is 9.33. The third kappa shape index (κ3) is 4.94. The summed E-state index contributed by atoms with van der Waals surface area (Å²) in [6.07, 6.45) is 1.23. The molecule has 7 nitrogen and oxygen atoms in total. The van der Waals surface area contributed by atoms with Gasteiger partial charge in [0.1, 0.15) is 12.0 Å². The molecule has 1 aliphatic rings. The molecule has 0 spiro atoms. The highest BCUT2D eigenvalue weighted by atomic mass is 32.2. The quantitative estimate of drug-likeness (QED) is 0.624. The predicted octanol–water partition coefficient (Wildman–Crippen LogP) is 3.09. The van der Waals surface area contributed by atoms with Crippen LogP contribution in [0.5, 0.6) is 5.75 Å². The third-order valence-corrected chi connectivity index (χ3v) is 6.30. The minimum absolute atomic E-state index is 0.210. The highest BCUT2D eigenvalue weighted by molar-refractivity contribution is 8.01. The molecule has 148 valence electrons.